The zero-order chi connectivity index (χ0) is 19.1. The summed E-state index contributed by atoms with van der Waals surface area (Å²) in [5, 5.41) is 2.84. The Bertz CT molecular complexity index is 866. The molecule has 0 saturated carbocycles. The molecule has 1 amide bonds. The summed E-state index contributed by atoms with van der Waals surface area (Å²) in [4.78, 5) is 13.6. The Morgan fingerprint density at radius 3 is 2.56 bits per heavy atom. The van der Waals surface area contributed by atoms with E-state index in [1.807, 2.05) is 30.3 Å². The van der Waals surface area contributed by atoms with Gasteiger partial charge in [-0.05, 0) is 30.3 Å². The van der Waals surface area contributed by atoms with Gasteiger partial charge < -0.3 is 10.1 Å². The van der Waals surface area contributed by atoms with Crippen molar-refractivity contribution in [2.75, 3.05) is 38.6 Å². The fourth-order valence-electron chi connectivity index (χ4n) is 2.69. The molecule has 1 fully saturated rings. The van der Waals surface area contributed by atoms with Gasteiger partial charge in [0.2, 0.25) is 10.0 Å². The van der Waals surface area contributed by atoms with Crippen molar-refractivity contribution < 1.29 is 17.9 Å². The zero-order valence-electron chi connectivity index (χ0n) is 14.8. The first-order valence-electron chi connectivity index (χ1n) is 8.71. The first kappa shape index (κ1) is 19.9. The standard InChI is InChI=1S/C19H22N2O4S2/c22-19(20-9-14-26-17-6-2-1-3-7-17)16-5-4-8-18(15-16)27(23,24)21-10-12-25-13-11-21/h1-8,15H,9-14H2,(H,20,22). The SMILES string of the molecule is O=C(NCCSc1ccccc1)c1cccc(S(=O)(=O)N2CCOCC2)c1. The summed E-state index contributed by atoms with van der Waals surface area (Å²) in [7, 11) is -3.61. The second-order valence-corrected chi connectivity index (χ2v) is 9.07. The van der Waals surface area contributed by atoms with Gasteiger partial charge in [0.05, 0.1) is 18.1 Å². The normalized spacial score (nSPS) is 15.4. The van der Waals surface area contributed by atoms with Crippen LogP contribution in [0.3, 0.4) is 0 Å². The second kappa shape index (κ2) is 9.36. The number of ether oxygens (including phenoxy) is 1. The minimum atomic E-state index is -3.61. The Balaban J connectivity index is 1.58. The summed E-state index contributed by atoms with van der Waals surface area (Å²) in [6, 6.07) is 16.1. The molecule has 0 radical (unpaired) electrons. The largest absolute Gasteiger partial charge is 0.379 e. The minimum Gasteiger partial charge on any atom is -0.379 e. The van der Waals surface area contributed by atoms with Crippen LogP contribution in [0.15, 0.2) is 64.4 Å². The zero-order valence-corrected chi connectivity index (χ0v) is 16.5. The number of carbonyl (C=O) groups excluding carboxylic acids is 1. The fraction of sp³-hybridized carbons (Fsp3) is 0.316. The number of sulfonamides is 1. The number of benzene rings is 2. The molecule has 1 aliphatic heterocycles. The number of morpholine rings is 1. The van der Waals surface area contributed by atoms with Crippen LogP contribution >= 0.6 is 11.8 Å². The molecular formula is C19H22N2O4S2. The van der Waals surface area contributed by atoms with Crippen molar-refractivity contribution in [3.05, 3.63) is 60.2 Å². The molecule has 1 heterocycles. The summed E-state index contributed by atoms with van der Waals surface area (Å²) in [5.41, 5.74) is 0.342. The van der Waals surface area contributed by atoms with Gasteiger partial charge in [-0.3, -0.25) is 4.79 Å². The Morgan fingerprint density at radius 1 is 1.07 bits per heavy atom. The molecule has 0 aromatic heterocycles. The number of hydrogen-bond acceptors (Lipinski definition) is 5. The average Bonchev–Trinajstić information content (AvgIpc) is 2.72. The van der Waals surface area contributed by atoms with Crippen molar-refractivity contribution in [1.82, 2.24) is 9.62 Å². The van der Waals surface area contributed by atoms with Crippen molar-refractivity contribution >= 4 is 27.7 Å². The first-order chi connectivity index (χ1) is 13.1. The third-order valence-electron chi connectivity index (χ3n) is 4.10. The van der Waals surface area contributed by atoms with Crippen molar-refractivity contribution in [1.29, 1.82) is 0 Å². The molecule has 8 heteroatoms. The van der Waals surface area contributed by atoms with Gasteiger partial charge in [-0.15, -0.1) is 11.8 Å². The van der Waals surface area contributed by atoms with Gasteiger partial charge in [0.15, 0.2) is 0 Å². The summed E-state index contributed by atoms with van der Waals surface area (Å²) in [5.74, 6) is 0.462. The highest BCUT2D eigenvalue weighted by atomic mass is 32.2. The predicted molar refractivity (Wildman–Crippen MR) is 106 cm³/mol. The third kappa shape index (κ3) is 5.32. The second-order valence-electron chi connectivity index (χ2n) is 5.96. The molecule has 2 aromatic carbocycles. The molecule has 1 saturated heterocycles. The lowest BCUT2D eigenvalue weighted by atomic mass is 10.2. The van der Waals surface area contributed by atoms with Crippen molar-refractivity contribution in [2.24, 2.45) is 0 Å². The summed E-state index contributed by atoms with van der Waals surface area (Å²) in [6.07, 6.45) is 0. The molecular weight excluding hydrogens is 384 g/mol. The van der Waals surface area contributed by atoms with E-state index in [0.29, 0.717) is 38.4 Å². The molecule has 0 aliphatic carbocycles. The molecule has 6 nitrogen and oxygen atoms in total. The van der Waals surface area contributed by atoms with E-state index in [9.17, 15) is 13.2 Å². The lowest BCUT2D eigenvalue weighted by Crippen LogP contribution is -2.40. The lowest BCUT2D eigenvalue weighted by molar-refractivity contribution is 0.0730. The molecule has 144 valence electrons. The Kier molecular flexibility index (Phi) is 6.89. The van der Waals surface area contributed by atoms with Crippen LogP contribution in [0.5, 0.6) is 0 Å². The van der Waals surface area contributed by atoms with Gasteiger partial charge in [0.25, 0.3) is 5.91 Å². The molecule has 1 aliphatic rings. The maximum absolute atomic E-state index is 12.7. The van der Waals surface area contributed by atoms with Crippen LogP contribution in [0.2, 0.25) is 0 Å². The van der Waals surface area contributed by atoms with Gasteiger partial charge in [-0.1, -0.05) is 24.3 Å². The molecule has 0 spiro atoms. The Hall–Kier alpha value is -1.87. The van der Waals surface area contributed by atoms with Crippen LogP contribution in [0.1, 0.15) is 10.4 Å². The first-order valence-corrected chi connectivity index (χ1v) is 11.1. The fourth-order valence-corrected chi connectivity index (χ4v) is 4.93. The molecule has 0 bridgehead atoms. The van der Waals surface area contributed by atoms with E-state index in [2.05, 4.69) is 5.32 Å². The topological polar surface area (TPSA) is 75.7 Å². The molecule has 0 unspecified atom stereocenters. The van der Waals surface area contributed by atoms with Gasteiger partial charge in [0, 0.05) is 35.8 Å². The third-order valence-corrected chi connectivity index (χ3v) is 7.01. The van der Waals surface area contributed by atoms with E-state index in [0.717, 1.165) is 10.6 Å². The number of carbonyl (C=O) groups is 1. The van der Waals surface area contributed by atoms with Crippen molar-refractivity contribution in [3.8, 4) is 0 Å². The van der Waals surface area contributed by atoms with Crippen LogP contribution < -0.4 is 5.32 Å². The van der Waals surface area contributed by atoms with Crippen LogP contribution in [-0.4, -0.2) is 57.2 Å². The monoisotopic (exact) mass is 406 g/mol. The van der Waals surface area contributed by atoms with Crippen molar-refractivity contribution in [2.45, 2.75) is 9.79 Å². The van der Waals surface area contributed by atoms with E-state index >= 15 is 0 Å². The van der Waals surface area contributed by atoms with E-state index in [1.54, 1.807) is 23.9 Å². The van der Waals surface area contributed by atoms with Crippen LogP contribution in [0.4, 0.5) is 0 Å². The maximum atomic E-state index is 12.7. The van der Waals surface area contributed by atoms with Crippen molar-refractivity contribution in [3.63, 3.8) is 0 Å². The number of nitrogens with one attached hydrogen (secondary N) is 1. The Labute approximate surface area is 164 Å². The number of rotatable bonds is 7. The number of amides is 1. The molecule has 2 aromatic rings. The smallest absolute Gasteiger partial charge is 0.251 e. The summed E-state index contributed by atoms with van der Waals surface area (Å²) in [6.45, 7) is 1.93. The van der Waals surface area contributed by atoms with Crippen LogP contribution in [0.25, 0.3) is 0 Å². The molecule has 27 heavy (non-hydrogen) atoms. The molecule has 3 rings (SSSR count). The molecule has 1 N–H and O–H groups in total. The average molecular weight is 407 g/mol. The highest BCUT2D eigenvalue weighted by Gasteiger charge is 2.26. The molecule has 0 atom stereocenters. The Morgan fingerprint density at radius 2 is 1.81 bits per heavy atom. The predicted octanol–water partition coefficient (Wildman–Crippen LogP) is 2.23. The summed E-state index contributed by atoms with van der Waals surface area (Å²) < 4.78 is 32.0. The summed E-state index contributed by atoms with van der Waals surface area (Å²) >= 11 is 1.65. The maximum Gasteiger partial charge on any atom is 0.251 e. The van der Waals surface area contributed by atoms with E-state index in [1.165, 1.54) is 16.4 Å². The van der Waals surface area contributed by atoms with Crippen LogP contribution in [0, 0.1) is 0 Å². The highest BCUT2D eigenvalue weighted by Crippen LogP contribution is 2.19. The van der Waals surface area contributed by atoms with Gasteiger partial charge in [0.1, 0.15) is 0 Å². The number of nitrogens with zero attached hydrogens (tertiary/aromatic N) is 1. The van der Waals surface area contributed by atoms with Gasteiger partial charge >= 0.3 is 0 Å². The number of thioether (sulfide) groups is 1. The van der Waals surface area contributed by atoms with Gasteiger partial charge in [-0.2, -0.15) is 4.31 Å². The quantitative estimate of drug-likeness (QED) is 0.564. The van der Waals surface area contributed by atoms with Gasteiger partial charge in [-0.25, -0.2) is 8.42 Å². The van der Waals surface area contributed by atoms with Crippen LogP contribution in [-0.2, 0) is 14.8 Å². The number of hydrogen-bond donors (Lipinski definition) is 1. The minimum absolute atomic E-state index is 0.135. The highest BCUT2D eigenvalue weighted by molar-refractivity contribution is 7.99. The van der Waals surface area contributed by atoms with E-state index < -0.39 is 10.0 Å². The van der Waals surface area contributed by atoms with E-state index in [-0.39, 0.29) is 10.8 Å². The van der Waals surface area contributed by atoms with E-state index in [4.69, 9.17) is 4.74 Å². The lowest BCUT2D eigenvalue weighted by Gasteiger charge is -2.26.